The summed E-state index contributed by atoms with van der Waals surface area (Å²) in [6.45, 7) is 5.78. The summed E-state index contributed by atoms with van der Waals surface area (Å²) >= 11 is 0. The first-order chi connectivity index (χ1) is 9.74. The lowest BCUT2D eigenvalue weighted by molar-refractivity contribution is 0.289. The average molecular weight is 271 g/mol. The number of anilines is 1. The molecule has 0 bridgehead atoms. The molecular weight excluding hydrogens is 242 g/mol. The zero-order valence-electron chi connectivity index (χ0n) is 13.1. The zero-order chi connectivity index (χ0) is 13.9. The van der Waals surface area contributed by atoms with E-state index in [2.05, 4.69) is 37.4 Å². The van der Waals surface area contributed by atoms with E-state index in [0.29, 0.717) is 5.92 Å². The van der Waals surface area contributed by atoms with Gasteiger partial charge in [-0.3, -0.25) is 0 Å². The molecule has 1 unspecified atom stereocenters. The first-order valence-corrected chi connectivity index (χ1v) is 8.59. The summed E-state index contributed by atoms with van der Waals surface area (Å²) < 4.78 is 0. The van der Waals surface area contributed by atoms with E-state index >= 15 is 0 Å². The van der Waals surface area contributed by atoms with Gasteiger partial charge in [0.05, 0.1) is 0 Å². The molecule has 0 aromatic heterocycles. The topological polar surface area (TPSA) is 12.0 Å². The second-order valence-electron chi connectivity index (χ2n) is 7.23. The molecule has 0 radical (unpaired) electrons. The maximum atomic E-state index is 3.75. The Morgan fingerprint density at radius 3 is 2.65 bits per heavy atom. The Kier molecular flexibility index (Phi) is 4.33. The lowest BCUT2D eigenvalue weighted by atomic mass is 9.79. The number of benzene rings is 1. The van der Waals surface area contributed by atoms with Crippen LogP contribution in [0.3, 0.4) is 0 Å². The van der Waals surface area contributed by atoms with Gasteiger partial charge in [0.25, 0.3) is 0 Å². The molecule has 1 aromatic rings. The van der Waals surface area contributed by atoms with Crippen LogP contribution in [0.2, 0.25) is 0 Å². The van der Waals surface area contributed by atoms with E-state index in [4.69, 9.17) is 0 Å². The third-order valence-electron chi connectivity index (χ3n) is 5.27. The molecule has 1 nitrogen and oxygen atoms in total. The van der Waals surface area contributed by atoms with Crippen LogP contribution in [0, 0.1) is 11.8 Å². The van der Waals surface area contributed by atoms with E-state index < -0.39 is 0 Å². The molecule has 1 fully saturated rings. The molecule has 1 aliphatic carbocycles. The van der Waals surface area contributed by atoms with Gasteiger partial charge in [-0.1, -0.05) is 64.2 Å². The van der Waals surface area contributed by atoms with Gasteiger partial charge in [0.2, 0.25) is 0 Å². The van der Waals surface area contributed by atoms with E-state index in [1.807, 2.05) is 0 Å². The largest absolute Gasteiger partial charge is 0.384 e. The van der Waals surface area contributed by atoms with Crippen molar-refractivity contribution >= 4 is 5.69 Å². The van der Waals surface area contributed by atoms with Crippen molar-refractivity contribution in [1.29, 1.82) is 0 Å². The molecule has 1 aliphatic heterocycles. The van der Waals surface area contributed by atoms with Gasteiger partial charge in [-0.25, -0.2) is 0 Å². The van der Waals surface area contributed by atoms with Crippen LogP contribution in [0.4, 0.5) is 5.69 Å². The lowest BCUT2D eigenvalue weighted by Gasteiger charge is -2.32. The molecule has 1 saturated carbocycles. The van der Waals surface area contributed by atoms with Crippen molar-refractivity contribution in [3.05, 3.63) is 29.3 Å². The minimum Gasteiger partial charge on any atom is -0.384 e. The second kappa shape index (κ2) is 6.20. The predicted molar refractivity (Wildman–Crippen MR) is 87.4 cm³/mol. The van der Waals surface area contributed by atoms with Gasteiger partial charge < -0.3 is 5.32 Å². The van der Waals surface area contributed by atoms with Gasteiger partial charge in [-0.2, -0.15) is 0 Å². The number of hydrogen-bond donors (Lipinski definition) is 1. The summed E-state index contributed by atoms with van der Waals surface area (Å²) in [7, 11) is 0. The molecular formula is C19H29N. The summed E-state index contributed by atoms with van der Waals surface area (Å²) in [6.07, 6.45) is 10.1. The SMILES string of the molecule is CC(C)c1cccc2c1NCC(CC1CCCCC1)C2. The van der Waals surface area contributed by atoms with Crippen LogP contribution in [0.1, 0.15) is 69.4 Å². The molecule has 110 valence electrons. The molecule has 1 N–H and O–H groups in total. The Labute approximate surface area is 124 Å². The van der Waals surface area contributed by atoms with Crippen molar-refractivity contribution in [2.75, 3.05) is 11.9 Å². The highest BCUT2D eigenvalue weighted by Gasteiger charge is 2.24. The van der Waals surface area contributed by atoms with Gasteiger partial charge >= 0.3 is 0 Å². The first-order valence-electron chi connectivity index (χ1n) is 8.59. The Hall–Kier alpha value is -0.980. The lowest BCUT2D eigenvalue weighted by Crippen LogP contribution is -2.26. The van der Waals surface area contributed by atoms with Gasteiger partial charge in [-0.15, -0.1) is 0 Å². The van der Waals surface area contributed by atoms with Crippen molar-refractivity contribution < 1.29 is 0 Å². The van der Waals surface area contributed by atoms with E-state index in [1.54, 1.807) is 5.56 Å². The standard InChI is InChI=1S/C19H29N/c1-14(2)18-10-6-9-17-12-16(13-20-19(17)18)11-15-7-4-3-5-8-15/h6,9-10,14-16,20H,3-5,7-8,11-13H2,1-2H3. The number of nitrogens with one attached hydrogen (secondary N) is 1. The van der Waals surface area contributed by atoms with Crippen LogP contribution in [0.5, 0.6) is 0 Å². The summed E-state index contributed by atoms with van der Waals surface area (Å²) in [6, 6.07) is 6.87. The maximum absolute atomic E-state index is 3.75. The molecule has 0 spiro atoms. The van der Waals surface area contributed by atoms with E-state index in [1.165, 1.54) is 62.7 Å². The minimum absolute atomic E-state index is 0.618. The maximum Gasteiger partial charge on any atom is 0.0408 e. The van der Waals surface area contributed by atoms with Gasteiger partial charge in [0.1, 0.15) is 0 Å². The van der Waals surface area contributed by atoms with Gasteiger partial charge in [0.15, 0.2) is 0 Å². The molecule has 1 heteroatoms. The van der Waals surface area contributed by atoms with Crippen molar-refractivity contribution in [3.63, 3.8) is 0 Å². The van der Waals surface area contributed by atoms with Crippen molar-refractivity contribution in [3.8, 4) is 0 Å². The highest BCUT2D eigenvalue weighted by Crippen LogP contribution is 2.36. The van der Waals surface area contributed by atoms with Crippen LogP contribution in [0.15, 0.2) is 18.2 Å². The molecule has 0 amide bonds. The van der Waals surface area contributed by atoms with Crippen LogP contribution < -0.4 is 5.32 Å². The average Bonchev–Trinajstić information content (AvgIpc) is 2.47. The molecule has 0 saturated heterocycles. The van der Waals surface area contributed by atoms with Gasteiger partial charge in [0, 0.05) is 12.2 Å². The van der Waals surface area contributed by atoms with Crippen LogP contribution >= 0.6 is 0 Å². The minimum atomic E-state index is 0.618. The third-order valence-corrected chi connectivity index (χ3v) is 5.27. The Balaban J connectivity index is 1.67. The number of hydrogen-bond acceptors (Lipinski definition) is 1. The summed E-state index contributed by atoms with van der Waals surface area (Å²) in [5, 5.41) is 3.75. The quantitative estimate of drug-likeness (QED) is 0.780. The summed E-state index contributed by atoms with van der Waals surface area (Å²) in [5.41, 5.74) is 4.50. The molecule has 2 aliphatic rings. The van der Waals surface area contributed by atoms with Crippen molar-refractivity contribution in [2.45, 2.75) is 64.7 Å². The van der Waals surface area contributed by atoms with Crippen LogP contribution in [0.25, 0.3) is 0 Å². The van der Waals surface area contributed by atoms with Crippen LogP contribution in [-0.2, 0) is 6.42 Å². The van der Waals surface area contributed by atoms with E-state index in [0.717, 1.165) is 11.8 Å². The van der Waals surface area contributed by atoms with Crippen molar-refractivity contribution in [1.82, 2.24) is 0 Å². The highest BCUT2D eigenvalue weighted by molar-refractivity contribution is 5.60. The van der Waals surface area contributed by atoms with Crippen molar-refractivity contribution in [2.24, 2.45) is 11.8 Å². The monoisotopic (exact) mass is 271 g/mol. The molecule has 1 heterocycles. The Morgan fingerprint density at radius 1 is 1.10 bits per heavy atom. The van der Waals surface area contributed by atoms with Crippen LogP contribution in [-0.4, -0.2) is 6.54 Å². The first kappa shape index (κ1) is 14.0. The fourth-order valence-electron chi connectivity index (χ4n) is 4.18. The molecule has 1 aromatic carbocycles. The fraction of sp³-hybridized carbons (Fsp3) is 0.684. The predicted octanol–water partition coefficient (Wildman–Crippen LogP) is 5.36. The zero-order valence-corrected chi connectivity index (χ0v) is 13.1. The summed E-state index contributed by atoms with van der Waals surface area (Å²) in [5.74, 6) is 2.48. The smallest absolute Gasteiger partial charge is 0.0408 e. The van der Waals surface area contributed by atoms with E-state index in [9.17, 15) is 0 Å². The molecule has 3 rings (SSSR count). The Morgan fingerprint density at radius 2 is 1.90 bits per heavy atom. The molecule has 1 atom stereocenters. The normalized spacial score (nSPS) is 23.4. The second-order valence-corrected chi connectivity index (χ2v) is 7.23. The third kappa shape index (κ3) is 3.02. The fourth-order valence-corrected chi connectivity index (χ4v) is 4.18. The number of para-hydroxylation sites is 1. The van der Waals surface area contributed by atoms with E-state index in [-0.39, 0.29) is 0 Å². The number of rotatable bonds is 3. The molecule has 20 heavy (non-hydrogen) atoms. The Bertz CT molecular complexity index is 443. The highest BCUT2D eigenvalue weighted by atomic mass is 14.9. The summed E-state index contributed by atoms with van der Waals surface area (Å²) in [4.78, 5) is 0. The van der Waals surface area contributed by atoms with Gasteiger partial charge in [-0.05, 0) is 41.7 Å². The number of fused-ring (bicyclic) bond motifs is 1.